The molecule has 0 aliphatic carbocycles. The highest BCUT2D eigenvalue weighted by Crippen LogP contribution is 2.21. The quantitative estimate of drug-likeness (QED) is 0.558. The van der Waals surface area contributed by atoms with Crippen LogP contribution in [0.1, 0.15) is 35.2 Å². The molecule has 110 valence electrons. The topological polar surface area (TPSA) is 75.6 Å². The van der Waals surface area contributed by atoms with Crippen molar-refractivity contribution in [3.63, 3.8) is 0 Å². The molecule has 0 unspecified atom stereocenters. The van der Waals surface area contributed by atoms with Gasteiger partial charge in [-0.05, 0) is 25.5 Å². The van der Waals surface area contributed by atoms with Crippen molar-refractivity contribution in [3.05, 3.63) is 29.3 Å². The molecule has 0 saturated heterocycles. The molecular weight excluding hydrogens is 258 g/mol. The number of hydrogen-bond acceptors (Lipinski definition) is 4. The summed E-state index contributed by atoms with van der Waals surface area (Å²) >= 11 is 0. The minimum atomic E-state index is -0.182. The molecule has 0 spiro atoms. The van der Waals surface area contributed by atoms with Crippen molar-refractivity contribution in [2.45, 2.75) is 26.2 Å². The van der Waals surface area contributed by atoms with Gasteiger partial charge in [-0.25, -0.2) is 0 Å². The predicted molar refractivity (Wildman–Crippen MR) is 76.0 cm³/mol. The van der Waals surface area contributed by atoms with Crippen molar-refractivity contribution >= 4 is 11.7 Å². The number of carbonyl (C=O) groups excluding carboxylic acids is 2. The van der Waals surface area contributed by atoms with E-state index in [2.05, 4.69) is 5.32 Å². The smallest absolute Gasteiger partial charge is 0.220 e. The molecule has 0 radical (unpaired) electrons. The number of methoxy groups -OCH3 is 1. The summed E-state index contributed by atoms with van der Waals surface area (Å²) in [5.41, 5.74) is 1.48. The Labute approximate surface area is 118 Å². The Morgan fingerprint density at radius 2 is 2.05 bits per heavy atom. The van der Waals surface area contributed by atoms with Gasteiger partial charge < -0.3 is 15.2 Å². The first-order valence-corrected chi connectivity index (χ1v) is 6.64. The van der Waals surface area contributed by atoms with Gasteiger partial charge in [0.25, 0.3) is 0 Å². The SMILES string of the molecule is COc1ccc(C)cc1C(=O)CCC(=O)NCCCO. The van der Waals surface area contributed by atoms with E-state index in [1.165, 1.54) is 7.11 Å². The molecule has 0 saturated carbocycles. The molecule has 1 aromatic rings. The van der Waals surface area contributed by atoms with Crippen LogP contribution >= 0.6 is 0 Å². The van der Waals surface area contributed by atoms with E-state index < -0.39 is 0 Å². The fraction of sp³-hybridized carbons (Fsp3) is 0.467. The molecule has 1 aromatic carbocycles. The number of Topliss-reactive ketones (excluding diaryl/α,β-unsaturated/α-hetero) is 1. The number of aliphatic hydroxyl groups is 1. The lowest BCUT2D eigenvalue weighted by Crippen LogP contribution is -2.25. The number of benzene rings is 1. The molecule has 0 aliphatic heterocycles. The summed E-state index contributed by atoms with van der Waals surface area (Å²) in [5, 5.41) is 11.3. The molecule has 5 heteroatoms. The van der Waals surface area contributed by atoms with Crippen molar-refractivity contribution in [1.82, 2.24) is 5.32 Å². The number of amides is 1. The Hall–Kier alpha value is -1.88. The van der Waals surface area contributed by atoms with Gasteiger partial charge in [0.05, 0.1) is 12.7 Å². The second kappa shape index (κ2) is 8.32. The maximum atomic E-state index is 12.1. The largest absolute Gasteiger partial charge is 0.496 e. The zero-order valence-electron chi connectivity index (χ0n) is 11.9. The monoisotopic (exact) mass is 279 g/mol. The molecule has 0 atom stereocenters. The van der Waals surface area contributed by atoms with Gasteiger partial charge >= 0.3 is 0 Å². The van der Waals surface area contributed by atoms with Crippen LogP contribution in [0.2, 0.25) is 0 Å². The summed E-state index contributed by atoms with van der Waals surface area (Å²) < 4.78 is 5.16. The minimum Gasteiger partial charge on any atom is -0.496 e. The number of ether oxygens (including phenoxy) is 1. The molecule has 0 aliphatic rings. The van der Waals surface area contributed by atoms with Crippen LogP contribution in [0, 0.1) is 6.92 Å². The number of hydrogen-bond donors (Lipinski definition) is 2. The van der Waals surface area contributed by atoms with Crippen molar-refractivity contribution in [2.75, 3.05) is 20.3 Å². The third-order valence-electron chi connectivity index (χ3n) is 2.89. The Morgan fingerprint density at radius 1 is 1.30 bits per heavy atom. The van der Waals surface area contributed by atoms with Crippen LogP contribution < -0.4 is 10.1 Å². The fourth-order valence-electron chi connectivity index (χ4n) is 1.80. The maximum Gasteiger partial charge on any atom is 0.220 e. The lowest BCUT2D eigenvalue weighted by Gasteiger charge is -2.09. The van der Waals surface area contributed by atoms with Gasteiger partial charge in [-0.1, -0.05) is 11.6 Å². The average Bonchev–Trinajstić information content (AvgIpc) is 2.45. The van der Waals surface area contributed by atoms with Gasteiger partial charge in [0.2, 0.25) is 5.91 Å². The Balaban J connectivity index is 2.54. The molecular formula is C15H21NO4. The minimum absolute atomic E-state index is 0.0414. The van der Waals surface area contributed by atoms with Gasteiger partial charge in [-0.3, -0.25) is 9.59 Å². The van der Waals surface area contributed by atoms with Crippen LogP contribution in [0.4, 0.5) is 0 Å². The number of nitrogens with one attached hydrogen (secondary N) is 1. The van der Waals surface area contributed by atoms with E-state index >= 15 is 0 Å². The van der Waals surface area contributed by atoms with Crippen LogP contribution in [0.5, 0.6) is 5.75 Å². The van der Waals surface area contributed by atoms with E-state index in [1.807, 2.05) is 13.0 Å². The Kier molecular flexibility index (Phi) is 6.73. The van der Waals surface area contributed by atoms with Crippen LogP contribution in [0.3, 0.4) is 0 Å². The summed E-state index contributed by atoms with van der Waals surface area (Å²) in [6.45, 7) is 2.37. The summed E-state index contributed by atoms with van der Waals surface area (Å²) in [6.07, 6.45) is 0.803. The lowest BCUT2D eigenvalue weighted by atomic mass is 10.0. The van der Waals surface area contributed by atoms with Crippen molar-refractivity contribution in [1.29, 1.82) is 0 Å². The number of aryl methyl sites for hydroxylation is 1. The zero-order chi connectivity index (χ0) is 15.0. The molecule has 0 aromatic heterocycles. The van der Waals surface area contributed by atoms with Crippen molar-refractivity contribution < 1.29 is 19.4 Å². The maximum absolute atomic E-state index is 12.1. The second-order valence-corrected chi connectivity index (χ2v) is 4.55. The van der Waals surface area contributed by atoms with E-state index in [0.29, 0.717) is 24.3 Å². The summed E-state index contributed by atoms with van der Waals surface area (Å²) in [7, 11) is 1.52. The summed E-state index contributed by atoms with van der Waals surface area (Å²) in [4.78, 5) is 23.6. The van der Waals surface area contributed by atoms with E-state index in [4.69, 9.17) is 9.84 Å². The third kappa shape index (κ3) is 5.01. The zero-order valence-corrected chi connectivity index (χ0v) is 11.9. The van der Waals surface area contributed by atoms with Gasteiger partial charge in [0.15, 0.2) is 5.78 Å². The van der Waals surface area contributed by atoms with Gasteiger partial charge in [-0.15, -0.1) is 0 Å². The standard InChI is InChI=1S/C15H21NO4/c1-11-4-6-14(20-2)12(10-11)13(18)5-7-15(19)16-8-3-9-17/h4,6,10,17H,3,5,7-9H2,1-2H3,(H,16,19). The molecule has 0 bridgehead atoms. The van der Waals surface area contributed by atoms with Gasteiger partial charge in [0, 0.05) is 26.0 Å². The number of aliphatic hydroxyl groups excluding tert-OH is 1. The van der Waals surface area contributed by atoms with Crippen molar-refractivity contribution in [3.8, 4) is 5.75 Å². The number of ketones is 1. The molecule has 1 rings (SSSR count). The normalized spacial score (nSPS) is 10.2. The van der Waals surface area contributed by atoms with Gasteiger partial charge in [-0.2, -0.15) is 0 Å². The number of rotatable bonds is 8. The second-order valence-electron chi connectivity index (χ2n) is 4.55. The van der Waals surface area contributed by atoms with Crippen molar-refractivity contribution in [2.24, 2.45) is 0 Å². The van der Waals surface area contributed by atoms with Gasteiger partial charge in [0.1, 0.15) is 5.75 Å². The van der Waals surface area contributed by atoms with E-state index in [-0.39, 0.29) is 31.1 Å². The molecule has 5 nitrogen and oxygen atoms in total. The highest BCUT2D eigenvalue weighted by molar-refractivity contribution is 6.00. The first-order chi connectivity index (χ1) is 9.58. The molecule has 2 N–H and O–H groups in total. The predicted octanol–water partition coefficient (Wildman–Crippen LogP) is 1.47. The van der Waals surface area contributed by atoms with Crippen LogP contribution in [-0.2, 0) is 4.79 Å². The number of carbonyl (C=O) groups is 2. The van der Waals surface area contributed by atoms with Crippen LogP contribution in [-0.4, -0.2) is 37.1 Å². The molecule has 0 fully saturated rings. The lowest BCUT2D eigenvalue weighted by molar-refractivity contribution is -0.121. The van der Waals surface area contributed by atoms with E-state index in [1.54, 1.807) is 12.1 Å². The molecule has 0 heterocycles. The summed E-state index contributed by atoms with van der Waals surface area (Å²) in [5.74, 6) is 0.238. The molecule has 1 amide bonds. The fourth-order valence-corrected chi connectivity index (χ4v) is 1.80. The first-order valence-electron chi connectivity index (χ1n) is 6.64. The molecule has 20 heavy (non-hydrogen) atoms. The Bertz CT molecular complexity index is 471. The highest BCUT2D eigenvalue weighted by atomic mass is 16.5. The van der Waals surface area contributed by atoms with E-state index in [0.717, 1.165) is 5.56 Å². The summed E-state index contributed by atoms with van der Waals surface area (Å²) in [6, 6.07) is 5.39. The van der Waals surface area contributed by atoms with Crippen LogP contribution in [0.25, 0.3) is 0 Å². The third-order valence-corrected chi connectivity index (χ3v) is 2.89. The van der Waals surface area contributed by atoms with E-state index in [9.17, 15) is 9.59 Å². The van der Waals surface area contributed by atoms with Crippen LogP contribution in [0.15, 0.2) is 18.2 Å². The Morgan fingerprint density at radius 3 is 2.70 bits per heavy atom. The average molecular weight is 279 g/mol. The first kappa shape index (κ1) is 16.2. The highest BCUT2D eigenvalue weighted by Gasteiger charge is 2.14.